The summed E-state index contributed by atoms with van der Waals surface area (Å²) in [6.07, 6.45) is 9.07. The van der Waals surface area contributed by atoms with Crippen LogP contribution < -0.4 is 11.1 Å². The van der Waals surface area contributed by atoms with E-state index in [2.05, 4.69) is 20.5 Å². The summed E-state index contributed by atoms with van der Waals surface area (Å²) in [7, 11) is 0. The second-order valence-corrected chi connectivity index (χ2v) is 7.06. The second-order valence-electron chi connectivity index (χ2n) is 7.06. The molecule has 0 spiro atoms. The van der Waals surface area contributed by atoms with Crippen LogP contribution in [0.15, 0.2) is 24.7 Å². The highest BCUT2D eigenvalue weighted by Crippen LogP contribution is 2.31. The maximum Gasteiger partial charge on any atom is 0.255 e. The largest absolute Gasteiger partial charge is 0.366 e. The van der Waals surface area contributed by atoms with E-state index in [1.807, 2.05) is 43.2 Å². The molecule has 4 rings (SSSR count). The van der Waals surface area contributed by atoms with Crippen molar-refractivity contribution in [2.75, 3.05) is 5.73 Å². The average molecular weight is 353 g/mol. The normalized spacial score (nSPS) is 15.3. The molecule has 0 saturated heterocycles. The van der Waals surface area contributed by atoms with Gasteiger partial charge in [0.2, 0.25) is 5.95 Å². The third-order valence-corrected chi connectivity index (χ3v) is 4.79. The van der Waals surface area contributed by atoms with Crippen molar-refractivity contribution < 1.29 is 4.79 Å². The number of nitrogens with two attached hydrogens (primary N) is 1. The van der Waals surface area contributed by atoms with Gasteiger partial charge in [0.05, 0.1) is 11.8 Å². The summed E-state index contributed by atoms with van der Waals surface area (Å²) in [5.74, 6) is 0.713. The first-order valence-corrected chi connectivity index (χ1v) is 9.03. The average Bonchev–Trinajstić information content (AvgIpc) is 3.15. The Bertz CT molecular complexity index is 954. The smallest absolute Gasteiger partial charge is 0.255 e. The summed E-state index contributed by atoms with van der Waals surface area (Å²) < 4.78 is 3.53. The van der Waals surface area contributed by atoms with Crippen molar-refractivity contribution >= 4 is 17.5 Å². The topological polar surface area (TPSA) is 103 Å². The number of carbonyl (C=O) groups is 1. The maximum atomic E-state index is 12.7. The number of nitrogens with one attached hydrogen (secondary N) is 1. The summed E-state index contributed by atoms with van der Waals surface area (Å²) in [6.45, 7) is 4.94. The molecule has 3 aromatic heterocycles. The Labute approximate surface area is 151 Å². The molecule has 3 N–H and O–H groups in total. The Hall–Kier alpha value is -2.90. The molecule has 3 heterocycles. The summed E-state index contributed by atoms with van der Waals surface area (Å²) in [5, 5.41) is 11.6. The molecule has 1 unspecified atom stereocenters. The van der Waals surface area contributed by atoms with Gasteiger partial charge in [0.15, 0.2) is 5.65 Å². The Morgan fingerprint density at radius 3 is 2.92 bits per heavy atom. The minimum Gasteiger partial charge on any atom is -0.366 e. The Kier molecular flexibility index (Phi) is 4.10. The van der Waals surface area contributed by atoms with Crippen LogP contribution in [-0.4, -0.2) is 36.3 Å². The number of carbonyl (C=O) groups excluding carboxylic acids is 1. The second kappa shape index (κ2) is 6.44. The van der Waals surface area contributed by atoms with Gasteiger partial charge in [-0.2, -0.15) is 10.1 Å². The van der Waals surface area contributed by atoms with Crippen molar-refractivity contribution in [2.24, 2.45) is 5.92 Å². The minimum atomic E-state index is -0.177. The van der Waals surface area contributed by atoms with Gasteiger partial charge in [0, 0.05) is 36.1 Å². The van der Waals surface area contributed by atoms with Crippen molar-refractivity contribution in [2.45, 2.75) is 45.7 Å². The zero-order chi connectivity index (χ0) is 18.3. The summed E-state index contributed by atoms with van der Waals surface area (Å²) in [6, 6.07) is 1.91. The van der Waals surface area contributed by atoms with E-state index in [1.54, 1.807) is 4.52 Å². The molecule has 1 atom stereocenters. The number of hydrogen-bond donors (Lipinski definition) is 2. The third kappa shape index (κ3) is 3.26. The van der Waals surface area contributed by atoms with Gasteiger partial charge in [-0.15, -0.1) is 5.10 Å². The molecule has 3 aromatic rings. The third-order valence-electron chi connectivity index (χ3n) is 4.79. The Balaban J connectivity index is 1.72. The van der Waals surface area contributed by atoms with E-state index >= 15 is 0 Å². The molecule has 0 bridgehead atoms. The number of hydrogen-bond acceptors (Lipinski definition) is 5. The molecule has 26 heavy (non-hydrogen) atoms. The van der Waals surface area contributed by atoms with Crippen molar-refractivity contribution in [1.82, 2.24) is 29.7 Å². The first-order valence-electron chi connectivity index (χ1n) is 9.03. The molecule has 0 radical (unpaired) electrons. The van der Waals surface area contributed by atoms with Gasteiger partial charge in [-0.3, -0.25) is 9.48 Å². The zero-order valence-corrected chi connectivity index (χ0v) is 15.0. The van der Waals surface area contributed by atoms with Crippen molar-refractivity contribution in [1.29, 1.82) is 0 Å². The summed E-state index contributed by atoms with van der Waals surface area (Å²) in [4.78, 5) is 16.9. The van der Waals surface area contributed by atoms with Crippen LogP contribution in [-0.2, 0) is 6.54 Å². The highest BCUT2D eigenvalue weighted by atomic mass is 16.1. The predicted molar refractivity (Wildman–Crippen MR) is 98.6 cm³/mol. The fraction of sp³-hybridized carbons (Fsp3) is 0.444. The highest BCUT2D eigenvalue weighted by molar-refractivity contribution is 6.01. The number of rotatable bonds is 6. The first kappa shape index (κ1) is 16.6. The van der Waals surface area contributed by atoms with Gasteiger partial charge < -0.3 is 11.1 Å². The highest BCUT2D eigenvalue weighted by Gasteiger charge is 2.22. The zero-order valence-electron chi connectivity index (χ0n) is 15.0. The van der Waals surface area contributed by atoms with Crippen LogP contribution in [0.5, 0.6) is 0 Å². The number of anilines is 1. The van der Waals surface area contributed by atoms with E-state index in [0.29, 0.717) is 11.2 Å². The monoisotopic (exact) mass is 353 g/mol. The molecule has 1 aliphatic rings. The molecule has 0 aromatic carbocycles. The van der Waals surface area contributed by atoms with Crippen molar-refractivity contribution in [3.05, 3.63) is 30.2 Å². The van der Waals surface area contributed by atoms with E-state index in [4.69, 9.17) is 5.73 Å². The fourth-order valence-corrected chi connectivity index (χ4v) is 2.91. The molecule has 1 amide bonds. The number of nitrogens with zero attached hydrogens (tertiary/aromatic N) is 5. The van der Waals surface area contributed by atoms with Gasteiger partial charge >= 0.3 is 0 Å². The van der Waals surface area contributed by atoms with Crippen LogP contribution in [0, 0.1) is 5.92 Å². The van der Waals surface area contributed by atoms with Crippen LogP contribution in [0.1, 0.15) is 43.5 Å². The number of aromatic nitrogens is 5. The van der Waals surface area contributed by atoms with Gasteiger partial charge in [-0.05, 0) is 38.2 Å². The molecule has 136 valence electrons. The molecule has 1 saturated carbocycles. The number of fused-ring (bicyclic) bond motifs is 1. The minimum absolute atomic E-state index is 0.0766. The van der Waals surface area contributed by atoms with Gasteiger partial charge in [-0.1, -0.05) is 6.92 Å². The quantitative estimate of drug-likeness (QED) is 0.706. The fourth-order valence-electron chi connectivity index (χ4n) is 2.91. The van der Waals surface area contributed by atoms with Crippen LogP contribution in [0.25, 0.3) is 16.8 Å². The van der Waals surface area contributed by atoms with E-state index in [-0.39, 0.29) is 17.9 Å². The predicted octanol–water partition coefficient (Wildman–Crippen LogP) is 2.11. The van der Waals surface area contributed by atoms with Crippen molar-refractivity contribution in [3.63, 3.8) is 0 Å². The lowest BCUT2D eigenvalue weighted by Crippen LogP contribution is -2.32. The van der Waals surface area contributed by atoms with E-state index in [0.717, 1.165) is 30.0 Å². The maximum absolute atomic E-state index is 12.7. The van der Waals surface area contributed by atoms with Crippen molar-refractivity contribution in [3.8, 4) is 11.1 Å². The molecule has 1 aliphatic carbocycles. The summed E-state index contributed by atoms with van der Waals surface area (Å²) in [5.41, 5.74) is 8.47. The Morgan fingerprint density at radius 2 is 2.19 bits per heavy atom. The molecule has 8 nitrogen and oxygen atoms in total. The number of pyridine rings is 1. The standard InChI is InChI=1S/C18H23N7O/c1-3-11(2)21-17(26)15-6-13(10-25-16(15)22-18(19)23-25)14-7-20-24(9-14)8-12-4-5-12/h6-7,9-12H,3-5,8H2,1-2H3,(H2,19,23)(H,21,26). The molecular formula is C18H23N7O. The molecule has 0 aliphatic heterocycles. The first-order chi connectivity index (χ1) is 12.5. The van der Waals surface area contributed by atoms with Gasteiger partial charge in [0.25, 0.3) is 5.91 Å². The van der Waals surface area contributed by atoms with Gasteiger partial charge in [0.1, 0.15) is 0 Å². The van der Waals surface area contributed by atoms with Crippen LogP contribution in [0.2, 0.25) is 0 Å². The van der Waals surface area contributed by atoms with E-state index < -0.39 is 0 Å². The van der Waals surface area contributed by atoms with E-state index in [9.17, 15) is 4.79 Å². The molecular weight excluding hydrogens is 330 g/mol. The lowest BCUT2D eigenvalue weighted by Gasteiger charge is -2.12. The Morgan fingerprint density at radius 1 is 1.38 bits per heavy atom. The lowest BCUT2D eigenvalue weighted by molar-refractivity contribution is 0.0940. The SMILES string of the molecule is CCC(C)NC(=O)c1cc(-c2cnn(CC3CC3)c2)cn2nc(N)nc12. The van der Waals surface area contributed by atoms with Crippen LogP contribution >= 0.6 is 0 Å². The lowest BCUT2D eigenvalue weighted by atomic mass is 10.1. The molecule has 8 heteroatoms. The number of nitrogen functional groups attached to an aromatic ring is 1. The van der Waals surface area contributed by atoms with Crippen LogP contribution in [0.3, 0.4) is 0 Å². The van der Waals surface area contributed by atoms with Crippen LogP contribution in [0.4, 0.5) is 5.95 Å². The van der Waals surface area contributed by atoms with E-state index in [1.165, 1.54) is 12.8 Å². The summed E-state index contributed by atoms with van der Waals surface area (Å²) >= 11 is 0. The number of amides is 1. The molecule has 1 fully saturated rings. The van der Waals surface area contributed by atoms with Gasteiger partial charge in [-0.25, -0.2) is 4.52 Å².